The van der Waals surface area contributed by atoms with Gasteiger partial charge in [-0.1, -0.05) is 0 Å². The van der Waals surface area contributed by atoms with Crippen LogP contribution in [0.4, 0.5) is 0 Å². The Labute approximate surface area is 116 Å². The third kappa shape index (κ3) is 2.00. The highest BCUT2D eigenvalue weighted by atomic mass is 16.6. The molecule has 114 valence electrons. The SMILES string of the molecule is Cn1c[n+]([C@@H]2O[C@@H](CO)[C@@H](O)[C@H]2O)c2[nH]c(=O)[nH]c(=O)c21. The highest BCUT2D eigenvalue weighted by Crippen LogP contribution is 2.25. The molecule has 21 heavy (non-hydrogen) atoms. The zero-order valence-electron chi connectivity index (χ0n) is 11.1. The van der Waals surface area contributed by atoms with Crippen LogP contribution in [0.2, 0.25) is 0 Å². The van der Waals surface area contributed by atoms with E-state index in [1.54, 1.807) is 7.05 Å². The smallest absolute Gasteiger partial charge is 0.384 e. The van der Waals surface area contributed by atoms with Crippen LogP contribution < -0.4 is 15.8 Å². The van der Waals surface area contributed by atoms with E-state index < -0.39 is 42.4 Å². The van der Waals surface area contributed by atoms with Crippen molar-refractivity contribution in [2.75, 3.05) is 6.61 Å². The van der Waals surface area contributed by atoms with Crippen molar-refractivity contribution in [1.29, 1.82) is 0 Å². The lowest BCUT2D eigenvalue weighted by Crippen LogP contribution is -2.46. The minimum Gasteiger partial charge on any atom is -0.394 e. The average Bonchev–Trinajstić information content (AvgIpc) is 2.89. The molecule has 3 rings (SSSR count). The number of aliphatic hydroxyl groups excluding tert-OH is 3. The number of aryl methyl sites for hydroxylation is 1. The van der Waals surface area contributed by atoms with E-state index in [2.05, 4.69) is 9.97 Å². The van der Waals surface area contributed by atoms with Gasteiger partial charge in [0.2, 0.25) is 11.7 Å². The van der Waals surface area contributed by atoms with Gasteiger partial charge in [0.15, 0.2) is 6.33 Å². The van der Waals surface area contributed by atoms with Crippen LogP contribution in [0.1, 0.15) is 6.23 Å². The topological polar surface area (TPSA) is 144 Å². The zero-order valence-corrected chi connectivity index (χ0v) is 11.1. The van der Waals surface area contributed by atoms with Crippen molar-refractivity contribution in [1.82, 2.24) is 14.5 Å². The molecule has 0 aromatic carbocycles. The molecule has 5 N–H and O–H groups in total. The van der Waals surface area contributed by atoms with E-state index >= 15 is 0 Å². The van der Waals surface area contributed by atoms with Crippen LogP contribution in [0, 0.1) is 0 Å². The number of nitrogens with one attached hydrogen (secondary N) is 2. The second-order valence-electron chi connectivity index (χ2n) is 4.97. The molecule has 0 aliphatic carbocycles. The Kier molecular flexibility index (Phi) is 3.17. The van der Waals surface area contributed by atoms with E-state index in [4.69, 9.17) is 9.84 Å². The van der Waals surface area contributed by atoms with Crippen LogP contribution in [-0.4, -0.2) is 54.8 Å². The predicted octanol–water partition coefficient (Wildman–Crippen LogP) is -3.55. The van der Waals surface area contributed by atoms with Gasteiger partial charge < -0.3 is 20.1 Å². The van der Waals surface area contributed by atoms with E-state index in [-0.39, 0.29) is 11.2 Å². The molecule has 2 aromatic heterocycles. The van der Waals surface area contributed by atoms with Crippen LogP contribution in [0.5, 0.6) is 0 Å². The fourth-order valence-electron chi connectivity index (χ4n) is 2.59. The molecule has 0 amide bonds. The Morgan fingerprint density at radius 2 is 2.05 bits per heavy atom. The molecular formula is C11H15N4O6+. The summed E-state index contributed by atoms with van der Waals surface area (Å²) in [6, 6.07) is 0. The summed E-state index contributed by atoms with van der Waals surface area (Å²) in [7, 11) is 1.59. The van der Waals surface area contributed by atoms with Crippen molar-refractivity contribution in [2.24, 2.45) is 7.05 Å². The molecule has 10 heteroatoms. The first-order chi connectivity index (χ1) is 9.93. The summed E-state index contributed by atoms with van der Waals surface area (Å²) in [6.45, 7) is -0.461. The van der Waals surface area contributed by atoms with Crippen molar-refractivity contribution in [3.05, 3.63) is 27.2 Å². The maximum atomic E-state index is 11.8. The van der Waals surface area contributed by atoms with Gasteiger partial charge >= 0.3 is 5.69 Å². The van der Waals surface area contributed by atoms with E-state index in [9.17, 15) is 19.8 Å². The Morgan fingerprint density at radius 3 is 2.67 bits per heavy atom. The van der Waals surface area contributed by atoms with Gasteiger partial charge in [-0.25, -0.2) is 14.3 Å². The number of aliphatic hydroxyl groups is 3. The highest BCUT2D eigenvalue weighted by Gasteiger charge is 2.46. The first-order valence-electron chi connectivity index (χ1n) is 6.29. The van der Waals surface area contributed by atoms with Gasteiger partial charge in [0.1, 0.15) is 18.3 Å². The zero-order chi connectivity index (χ0) is 15.3. The third-order valence-electron chi connectivity index (χ3n) is 3.60. The molecule has 1 aliphatic rings. The normalized spacial score (nSPS) is 29.3. The van der Waals surface area contributed by atoms with Crippen molar-refractivity contribution >= 4 is 11.2 Å². The van der Waals surface area contributed by atoms with E-state index in [1.165, 1.54) is 15.5 Å². The Hall–Kier alpha value is -2.01. The Morgan fingerprint density at radius 1 is 1.33 bits per heavy atom. The number of imidazole rings is 1. The molecule has 1 saturated heterocycles. The summed E-state index contributed by atoms with van der Waals surface area (Å²) in [5, 5.41) is 28.9. The molecular weight excluding hydrogens is 284 g/mol. The van der Waals surface area contributed by atoms with E-state index in [0.29, 0.717) is 0 Å². The lowest BCUT2D eigenvalue weighted by atomic mass is 10.1. The summed E-state index contributed by atoms with van der Waals surface area (Å²) in [6.07, 6.45) is -3.09. The summed E-state index contributed by atoms with van der Waals surface area (Å²) in [5.41, 5.74) is -0.936. The monoisotopic (exact) mass is 299 g/mol. The molecule has 0 bridgehead atoms. The second kappa shape index (κ2) is 4.77. The van der Waals surface area contributed by atoms with E-state index in [1.807, 2.05) is 0 Å². The minimum atomic E-state index is -1.31. The molecule has 3 heterocycles. The molecule has 1 aliphatic heterocycles. The van der Waals surface area contributed by atoms with Crippen molar-refractivity contribution in [2.45, 2.75) is 24.5 Å². The molecule has 1 fully saturated rings. The van der Waals surface area contributed by atoms with Crippen LogP contribution in [0.15, 0.2) is 15.9 Å². The Bertz CT molecular complexity index is 792. The lowest BCUT2D eigenvalue weighted by molar-refractivity contribution is -0.746. The van der Waals surface area contributed by atoms with Gasteiger partial charge in [0.05, 0.1) is 13.7 Å². The largest absolute Gasteiger partial charge is 0.394 e. The molecule has 0 unspecified atom stereocenters. The van der Waals surface area contributed by atoms with E-state index in [0.717, 1.165) is 0 Å². The maximum absolute atomic E-state index is 11.8. The number of ether oxygens (including phenoxy) is 1. The molecule has 2 aromatic rings. The number of aromatic amines is 2. The first kappa shape index (κ1) is 13.9. The number of nitrogens with zero attached hydrogens (tertiary/aromatic N) is 2. The third-order valence-corrected chi connectivity index (χ3v) is 3.60. The molecule has 0 spiro atoms. The maximum Gasteiger partial charge on any atom is 0.384 e. The first-order valence-corrected chi connectivity index (χ1v) is 6.29. The van der Waals surface area contributed by atoms with Crippen molar-refractivity contribution < 1.29 is 24.6 Å². The second-order valence-corrected chi connectivity index (χ2v) is 4.97. The average molecular weight is 299 g/mol. The summed E-state index contributed by atoms with van der Waals surface area (Å²) >= 11 is 0. The number of fused-ring (bicyclic) bond motifs is 1. The number of rotatable bonds is 2. The minimum absolute atomic E-state index is 0.154. The van der Waals surface area contributed by atoms with Gasteiger partial charge in [-0.15, -0.1) is 0 Å². The molecule has 10 nitrogen and oxygen atoms in total. The van der Waals surface area contributed by atoms with Gasteiger partial charge in [-0.3, -0.25) is 14.3 Å². The van der Waals surface area contributed by atoms with Gasteiger partial charge in [-0.05, 0) is 0 Å². The summed E-state index contributed by atoms with van der Waals surface area (Å²) in [4.78, 5) is 27.8. The molecule has 0 radical (unpaired) electrons. The van der Waals surface area contributed by atoms with Gasteiger partial charge in [0, 0.05) is 0 Å². The van der Waals surface area contributed by atoms with Crippen LogP contribution in [0.3, 0.4) is 0 Å². The predicted molar refractivity (Wildman–Crippen MR) is 67.4 cm³/mol. The number of H-pyrrole nitrogens is 2. The van der Waals surface area contributed by atoms with Crippen LogP contribution >= 0.6 is 0 Å². The fourth-order valence-corrected chi connectivity index (χ4v) is 2.59. The number of hydrogen-bond donors (Lipinski definition) is 5. The standard InChI is InChI=1S/C11H14N4O6/c1-14-3-15(8-5(14)9(19)13-11(20)12-8)10-7(18)6(17)4(2-16)21-10/h3-4,6-7,10,16-18H,2H2,1H3,(H-,12,13,19,20)/p+1/t4-,6+,7+,10+/m0/s1. The van der Waals surface area contributed by atoms with Gasteiger partial charge in [-0.2, -0.15) is 0 Å². The molecule has 4 atom stereocenters. The fraction of sp³-hybridized carbons (Fsp3) is 0.545. The van der Waals surface area contributed by atoms with Crippen molar-refractivity contribution in [3.8, 4) is 0 Å². The summed E-state index contributed by atoms with van der Waals surface area (Å²) in [5.74, 6) is 0. The van der Waals surface area contributed by atoms with Crippen LogP contribution in [-0.2, 0) is 11.8 Å². The number of hydrogen-bond acceptors (Lipinski definition) is 6. The Balaban J connectivity index is 2.18. The highest BCUT2D eigenvalue weighted by molar-refractivity contribution is 5.65. The molecule has 0 saturated carbocycles. The summed E-state index contributed by atoms with van der Waals surface area (Å²) < 4.78 is 8.19. The van der Waals surface area contributed by atoms with Gasteiger partial charge in [0.25, 0.3) is 11.2 Å². The van der Waals surface area contributed by atoms with Crippen molar-refractivity contribution in [3.63, 3.8) is 0 Å². The van der Waals surface area contributed by atoms with Crippen LogP contribution in [0.25, 0.3) is 11.2 Å². The lowest BCUT2D eigenvalue weighted by Gasteiger charge is -2.12. The quantitative estimate of drug-likeness (QED) is 0.363. The number of aromatic nitrogens is 4.